The summed E-state index contributed by atoms with van der Waals surface area (Å²) in [6.45, 7) is 7.75. The van der Waals surface area contributed by atoms with E-state index in [-0.39, 0.29) is 17.4 Å². The Labute approximate surface area is 192 Å². The lowest BCUT2D eigenvalue weighted by molar-refractivity contribution is -0.113. The third kappa shape index (κ3) is 6.10. The average Bonchev–Trinajstić information content (AvgIpc) is 3.09. The predicted molar refractivity (Wildman–Crippen MR) is 129 cm³/mol. The summed E-state index contributed by atoms with van der Waals surface area (Å²) in [5.41, 5.74) is 4.27. The molecule has 10 heteroatoms. The standard InChI is InChI=1S/C22H27N5O3S2/c1-5-12-32(29,30)26-19-10-8-18(9-11-19)23-21(28)14-31-22-25-24-17(4)27(22)20-13-15(2)6-7-16(20)3/h6-11,13,26H,5,12,14H2,1-4H3,(H,23,28). The summed E-state index contributed by atoms with van der Waals surface area (Å²) in [4.78, 5) is 12.5. The lowest BCUT2D eigenvalue weighted by Gasteiger charge is -2.12. The Balaban J connectivity index is 1.63. The molecular formula is C22H27N5O3S2. The van der Waals surface area contributed by atoms with Crippen LogP contribution in [0.5, 0.6) is 0 Å². The zero-order chi connectivity index (χ0) is 23.3. The van der Waals surface area contributed by atoms with E-state index in [0.717, 1.165) is 22.6 Å². The number of amides is 1. The molecule has 0 saturated heterocycles. The van der Waals surface area contributed by atoms with Gasteiger partial charge in [-0.25, -0.2) is 8.42 Å². The highest BCUT2D eigenvalue weighted by Gasteiger charge is 2.15. The van der Waals surface area contributed by atoms with E-state index in [1.807, 2.05) is 32.3 Å². The molecule has 170 valence electrons. The highest BCUT2D eigenvalue weighted by atomic mass is 32.2. The lowest BCUT2D eigenvalue weighted by atomic mass is 10.1. The van der Waals surface area contributed by atoms with E-state index in [2.05, 4.69) is 38.4 Å². The smallest absolute Gasteiger partial charge is 0.234 e. The molecule has 1 heterocycles. The number of nitrogens with zero attached hydrogens (tertiary/aromatic N) is 3. The van der Waals surface area contributed by atoms with Crippen LogP contribution in [0.4, 0.5) is 11.4 Å². The molecule has 32 heavy (non-hydrogen) atoms. The first-order valence-corrected chi connectivity index (χ1v) is 12.8. The number of nitrogens with one attached hydrogen (secondary N) is 2. The number of rotatable bonds is 9. The molecule has 0 aliphatic rings. The minimum atomic E-state index is -3.35. The van der Waals surface area contributed by atoms with Gasteiger partial charge in [-0.2, -0.15) is 0 Å². The maximum absolute atomic E-state index is 12.5. The van der Waals surface area contributed by atoms with Gasteiger partial charge >= 0.3 is 0 Å². The number of carbonyl (C=O) groups is 1. The summed E-state index contributed by atoms with van der Waals surface area (Å²) in [7, 11) is -3.35. The van der Waals surface area contributed by atoms with Gasteiger partial charge in [0.25, 0.3) is 0 Å². The largest absolute Gasteiger partial charge is 0.325 e. The number of hydrogen-bond acceptors (Lipinski definition) is 6. The minimum absolute atomic E-state index is 0.0644. The lowest BCUT2D eigenvalue weighted by Crippen LogP contribution is -2.16. The van der Waals surface area contributed by atoms with Crippen molar-refractivity contribution in [3.8, 4) is 5.69 Å². The van der Waals surface area contributed by atoms with Crippen LogP contribution < -0.4 is 10.0 Å². The Bertz CT molecular complexity index is 1200. The normalized spacial score (nSPS) is 11.4. The van der Waals surface area contributed by atoms with Gasteiger partial charge in [0.1, 0.15) is 5.82 Å². The fraction of sp³-hybridized carbons (Fsp3) is 0.318. The molecule has 8 nitrogen and oxygen atoms in total. The zero-order valence-electron chi connectivity index (χ0n) is 18.5. The number of aryl methyl sites for hydroxylation is 3. The molecular weight excluding hydrogens is 446 g/mol. The molecule has 0 aliphatic carbocycles. The summed E-state index contributed by atoms with van der Waals surface area (Å²) in [6.07, 6.45) is 0.540. The number of sulfonamides is 1. The van der Waals surface area contributed by atoms with Gasteiger partial charge in [0.2, 0.25) is 15.9 Å². The van der Waals surface area contributed by atoms with Crippen LogP contribution in [0.15, 0.2) is 47.6 Å². The Kier molecular flexibility index (Phi) is 7.57. The third-order valence-electron chi connectivity index (χ3n) is 4.65. The van der Waals surface area contributed by atoms with Gasteiger partial charge in [-0.05, 0) is 68.7 Å². The van der Waals surface area contributed by atoms with Crippen molar-refractivity contribution in [1.82, 2.24) is 14.8 Å². The van der Waals surface area contributed by atoms with Gasteiger partial charge in [0.15, 0.2) is 5.16 Å². The van der Waals surface area contributed by atoms with E-state index in [1.165, 1.54) is 11.8 Å². The molecule has 2 aromatic carbocycles. The maximum Gasteiger partial charge on any atom is 0.234 e. The van der Waals surface area contributed by atoms with Crippen LogP contribution in [0.25, 0.3) is 5.69 Å². The highest BCUT2D eigenvalue weighted by molar-refractivity contribution is 7.99. The Morgan fingerprint density at radius 3 is 2.41 bits per heavy atom. The van der Waals surface area contributed by atoms with Crippen LogP contribution in [-0.2, 0) is 14.8 Å². The van der Waals surface area contributed by atoms with E-state index in [0.29, 0.717) is 23.0 Å². The predicted octanol–water partition coefficient (Wildman–Crippen LogP) is 4.08. The second kappa shape index (κ2) is 10.2. The zero-order valence-corrected chi connectivity index (χ0v) is 20.2. The highest BCUT2D eigenvalue weighted by Crippen LogP contribution is 2.25. The van der Waals surface area contributed by atoms with Gasteiger partial charge in [0, 0.05) is 11.4 Å². The quantitative estimate of drug-likeness (QED) is 0.454. The molecule has 0 unspecified atom stereocenters. The van der Waals surface area contributed by atoms with E-state index in [9.17, 15) is 13.2 Å². The third-order valence-corrected chi connectivity index (χ3v) is 7.07. The van der Waals surface area contributed by atoms with E-state index in [1.54, 1.807) is 24.3 Å². The minimum Gasteiger partial charge on any atom is -0.325 e. The van der Waals surface area contributed by atoms with Crippen molar-refractivity contribution in [3.05, 3.63) is 59.4 Å². The van der Waals surface area contributed by atoms with Crippen LogP contribution >= 0.6 is 11.8 Å². The fourth-order valence-electron chi connectivity index (χ4n) is 3.12. The summed E-state index contributed by atoms with van der Waals surface area (Å²) < 4.78 is 28.2. The second-order valence-corrected chi connectivity index (χ2v) is 10.3. The van der Waals surface area contributed by atoms with E-state index < -0.39 is 10.0 Å². The number of anilines is 2. The molecule has 1 aromatic heterocycles. The van der Waals surface area contributed by atoms with Crippen molar-refractivity contribution < 1.29 is 13.2 Å². The summed E-state index contributed by atoms with van der Waals surface area (Å²) in [6, 6.07) is 12.7. The molecule has 0 bridgehead atoms. The summed E-state index contributed by atoms with van der Waals surface area (Å²) in [5.74, 6) is 0.785. The molecule has 3 aromatic rings. The van der Waals surface area contributed by atoms with Crippen molar-refractivity contribution in [2.24, 2.45) is 0 Å². The van der Waals surface area contributed by atoms with Crippen molar-refractivity contribution in [2.75, 3.05) is 21.5 Å². The van der Waals surface area contributed by atoms with Gasteiger partial charge in [-0.1, -0.05) is 30.8 Å². The van der Waals surface area contributed by atoms with E-state index >= 15 is 0 Å². The number of carbonyl (C=O) groups excluding carboxylic acids is 1. The topological polar surface area (TPSA) is 106 Å². The first-order valence-electron chi connectivity index (χ1n) is 10.2. The molecule has 3 rings (SSSR count). The average molecular weight is 474 g/mol. The molecule has 1 amide bonds. The van der Waals surface area contributed by atoms with E-state index in [4.69, 9.17) is 0 Å². The van der Waals surface area contributed by atoms with Crippen molar-refractivity contribution in [1.29, 1.82) is 0 Å². The Hall–Kier alpha value is -2.85. The number of aromatic nitrogens is 3. The Morgan fingerprint density at radius 2 is 1.72 bits per heavy atom. The molecule has 0 fully saturated rings. The summed E-state index contributed by atoms with van der Waals surface area (Å²) >= 11 is 1.31. The van der Waals surface area contributed by atoms with Crippen molar-refractivity contribution in [2.45, 2.75) is 39.3 Å². The number of thioether (sulfide) groups is 1. The van der Waals surface area contributed by atoms with Gasteiger partial charge < -0.3 is 5.32 Å². The van der Waals surface area contributed by atoms with Crippen LogP contribution in [0.3, 0.4) is 0 Å². The fourth-order valence-corrected chi connectivity index (χ4v) is 5.05. The van der Waals surface area contributed by atoms with Crippen molar-refractivity contribution >= 4 is 39.1 Å². The molecule has 0 atom stereocenters. The van der Waals surface area contributed by atoms with Gasteiger partial charge in [-0.15, -0.1) is 10.2 Å². The first-order chi connectivity index (χ1) is 15.2. The molecule has 0 saturated carbocycles. The van der Waals surface area contributed by atoms with Gasteiger partial charge in [0.05, 0.1) is 17.2 Å². The maximum atomic E-state index is 12.5. The van der Waals surface area contributed by atoms with Crippen molar-refractivity contribution in [3.63, 3.8) is 0 Å². The van der Waals surface area contributed by atoms with Crippen LogP contribution in [0.1, 0.15) is 30.3 Å². The van der Waals surface area contributed by atoms with Crippen LogP contribution in [-0.4, -0.2) is 40.6 Å². The molecule has 2 N–H and O–H groups in total. The SMILES string of the molecule is CCCS(=O)(=O)Nc1ccc(NC(=O)CSc2nnc(C)n2-c2cc(C)ccc2C)cc1. The number of benzene rings is 2. The Morgan fingerprint density at radius 1 is 1.03 bits per heavy atom. The van der Waals surface area contributed by atoms with Gasteiger partial charge in [-0.3, -0.25) is 14.1 Å². The van der Waals surface area contributed by atoms with Crippen LogP contribution in [0.2, 0.25) is 0 Å². The monoisotopic (exact) mass is 473 g/mol. The van der Waals surface area contributed by atoms with Crippen LogP contribution in [0, 0.1) is 20.8 Å². The summed E-state index contributed by atoms with van der Waals surface area (Å²) in [5, 5.41) is 11.9. The first kappa shape index (κ1) is 23.8. The molecule has 0 spiro atoms. The molecule has 0 radical (unpaired) electrons. The second-order valence-electron chi connectivity index (χ2n) is 7.49. The number of hydrogen-bond donors (Lipinski definition) is 2. The molecule has 0 aliphatic heterocycles.